The van der Waals surface area contributed by atoms with Gasteiger partial charge in [0.15, 0.2) is 0 Å². The SMILES string of the molecule is Cc1nc(N2N=C(c3ccco3)CC2c2ccco2)sc1NC(=O)Oc1ccc2ccccc2c1. The fourth-order valence-corrected chi connectivity index (χ4v) is 4.99. The number of fused-ring (bicyclic) bond motifs is 1. The van der Waals surface area contributed by atoms with Crippen molar-refractivity contribution in [2.24, 2.45) is 5.10 Å². The first-order valence-corrected chi connectivity index (χ1v) is 11.8. The normalized spacial score (nSPS) is 15.4. The quantitative estimate of drug-likeness (QED) is 0.296. The van der Waals surface area contributed by atoms with Crippen molar-refractivity contribution in [3.8, 4) is 5.75 Å². The van der Waals surface area contributed by atoms with Crippen LogP contribution >= 0.6 is 11.3 Å². The topological polar surface area (TPSA) is 93.1 Å². The van der Waals surface area contributed by atoms with Gasteiger partial charge in [-0.25, -0.2) is 14.8 Å². The van der Waals surface area contributed by atoms with E-state index in [2.05, 4.69) is 10.3 Å². The number of nitrogens with one attached hydrogen (secondary N) is 1. The van der Waals surface area contributed by atoms with Gasteiger partial charge in [-0.2, -0.15) is 5.10 Å². The Morgan fingerprint density at radius 2 is 1.89 bits per heavy atom. The van der Waals surface area contributed by atoms with Crippen molar-refractivity contribution in [1.29, 1.82) is 0 Å². The Morgan fingerprint density at radius 3 is 2.69 bits per heavy atom. The van der Waals surface area contributed by atoms with E-state index in [-0.39, 0.29) is 6.04 Å². The minimum Gasteiger partial charge on any atom is -0.467 e. The Morgan fingerprint density at radius 1 is 1.06 bits per heavy atom. The average Bonchev–Trinajstić information content (AvgIpc) is 3.65. The number of benzene rings is 2. The Hall–Kier alpha value is -4.37. The van der Waals surface area contributed by atoms with Crippen molar-refractivity contribution in [1.82, 2.24) is 4.98 Å². The largest absolute Gasteiger partial charge is 0.467 e. The smallest absolute Gasteiger partial charge is 0.417 e. The molecule has 3 aromatic heterocycles. The molecular weight excluding hydrogens is 464 g/mol. The fourth-order valence-electron chi connectivity index (χ4n) is 4.03. The van der Waals surface area contributed by atoms with Crippen LogP contribution in [-0.4, -0.2) is 16.8 Å². The molecule has 1 unspecified atom stereocenters. The molecule has 1 aliphatic rings. The third-order valence-corrected chi connectivity index (χ3v) is 6.78. The standard InChI is InChI=1S/C26H20N4O4S/c1-16-24(28-26(31)34-19-11-10-17-6-2-3-7-18(17)14-19)35-25(27-16)30-21(23-9-5-13-33-23)15-20(29-30)22-8-4-12-32-22/h2-14,21H,15H2,1H3,(H,28,31). The summed E-state index contributed by atoms with van der Waals surface area (Å²) < 4.78 is 16.8. The highest BCUT2D eigenvalue weighted by Crippen LogP contribution is 2.41. The molecule has 5 aromatic rings. The molecule has 1 aliphatic heterocycles. The van der Waals surface area contributed by atoms with Crippen molar-refractivity contribution < 1.29 is 18.4 Å². The number of amides is 1. The molecule has 9 heteroatoms. The first kappa shape index (κ1) is 21.2. The van der Waals surface area contributed by atoms with Gasteiger partial charge >= 0.3 is 6.09 Å². The molecule has 8 nitrogen and oxygen atoms in total. The minimum atomic E-state index is -0.581. The molecule has 0 aliphatic carbocycles. The lowest BCUT2D eigenvalue weighted by atomic mass is 10.1. The molecule has 174 valence electrons. The van der Waals surface area contributed by atoms with E-state index < -0.39 is 6.09 Å². The minimum absolute atomic E-state index is 0.173. The molecule has 2 aromatic carbocycles. The summed E-state index contributed by atoms with van der Waals surface area (Å²) >= 11 is 1.32. The number of thiazole rings is 1. The van der Waals surface area contributed by atoms with Gasteiger partial charge in [0, 0.05) is 6.42 Å². The molecule has 0 saturated carbocycles. The van der Waals surface area contributed by atoms with Gasteiger partial charge < -0.3 is 13.6 Å². The van der Waals surface area contributed by atoms with Crippen LogP contribution in [0, 0.1) is 6.92 Å². The summed E-state index contributed by atoms with van der Waals surface area (Å²) in [5.74, 6) is 1.94. The number of hydrazone groups is 1. The summed E-state index contributed by atoms with van der Waals surface area (Å²) in [7, 11) is 0. The van der Waals surface area contributed by atoms with E-state index in [4.69, 9.17) is 18.7 Å². The number of aromatic nitrogens is 1. The van der Waals surface area contributed by atoms with Crippen LogP contribution in [0.2, 0.25) is 0 Å². The highest BCUT2D eigenvalue weighted by molar-refractivity contribution is 7.19. The molecule has 0 bridgehead atoms. The van der Waals surface area contributed by atoms with Crippen molar-refractivity contribution in [2.45, 2.75) is 19.4 Å². The summed E-state index contributed by atoms with van der Waals surface area (Å²) in [6, 6.07) is 20.7. The Balaban J connectivity index is 1.23. The van der Waals surface area contributed by atoms with Gasteiger partial charge in [0.1, 0.15) is 34.0 Å². The van der Waals surface area contributed by atoms with Crippen molar-refractivity contribution in [2.75, 3.05) is 10.3 Å². The van der Waals surface area contributed by atoms with Crippen LogP contribution < -0.4 is 15.1 Å². The van der Waals surface area contributed by atoms with E-state index in [9.17, 15) is 4.79 Å². The Labute approximate surface area is 204 Å². The zero-order chi connectivity index (χ0) is 23.8. The summed E-state index contributed by atoms with van der Waals surface area (Å²) in [5, 5.41) is 12.7. The predicted molar refractivity (Wildman–Crippen MR) is 134 cm³/mol. The first-order chi connectivity index (χ1) is 17.1. The third kappa shape index (κ3) is 4.17. The van der Waals surface area contributed by atoms with Crippen LogP contribution in [0.4, 0.5) is 14.9 Å². The number of nitrogens with zero attached hydrogens (tertiary/aromatic N) is 3. The highest BCUT2D eigenvalue weighted by atomic mass is 32.1. The van der Waals surface area contributed by atoms with Gasteiger partial charge in [0.2, 0.25) is 5.13 Å². The molecule has 0 spiro atoms. The monoisotopic (exact) mass is 484 g/mol. The molecule has 35 heavy (non-hydrogen) atoms. The summed E-state index contributed by atoms with van der Waals surface area (Å²) in [5.41, 5.74) is 1.47. The molecule has 1 amide bonds. The first-order valence-electron chi connectivity index (χ1n) is 11.0. The van der Waals surface area contributed by atoms with E-state index in [0.717, 1.165) is 22.2 Å². The number of aryl methyl sites for hydroxylation is 1. The Bertz CT molecular complexity index is 1520. The molecule has 0 saturated heterocycles. The summed E-state index contributed by atoms with van der Waals surface area (Å²) in [6.07, 6.45) is 3.29. The summed E-state index contributed by atoms with van der Waals surface area (Å²) in [4.78, 5) is 17.3. The lowest BCUT2D eigenvalue weighted by Gasteiger charge is -2.18. The maximum absolute atomic E-state index is 12.6. The number of rotatable bonds is 5. The van der Waals surface area contributed by atoms with Gasteiger partial charge in [0.25, 0.3) is 0 Å². The van der Waals surface area contributed by atoms with Gasteiger partial charge in [-0.15, -0.1) is 0 Å². The van der Waals surface area contributed by atoms with Crippen molar-refractivity contribution in [3.63, 3.8) is 0 Å². The van der Waals surface area contributed by atoms with Crippen LogP contribution in [0.25, 0.3) is 10.8 Å². The number of carbonyl (C=O) groups excluding carboxylic acids is 1. The molecule has 0 radical (unpaired) electrons. The van der Waals surface area contributed by atoms with Crippen molar-refractivity contribution >= 4 is 44.0 Å². The lowest BCUT2D eigenvalue weighted by Crippen LogP contribution is -2.17. The zero-order valence-corrected chi connectivity index (χ0v) is 19.5. The molecule has 1 N–H and O–H groups in total. The number of carbonyl (C=O) groups is 1. The molecule has 4 heterocycles. The van der Waals surface area contributed by atoms with Gasteiger partial charge in [-0.3, -0.25) is 5.32 Å². The number of hydrogen-bond acceptors (Lipinski definition) is 8. The van der Waals surface area contributed by atoms with Crippen LogP contribution in [0.3, 0.4) is 0 Å². The summed E-state index contributed by atoms with van der Waals surface area (Å²) in [6.45, 7) is 1.83. The Kier molecular flexibility index (Phi) is 5.31. The highest BCUT2D eigenvalue weighted by Gasteiger charge is 2.35. The van der Waals surface area contributed by atoms with E-state index in [1.165, 1.54) is 11.3 Å². The maximum Gasteiger partial charge on any atom is 0.417 e. The maximum atomic E-state index is 12.6. The van der Waals surface area contributed by atoms with E-state index in [1.807, 2.05) is 72.6 Å². The van der Waals surface area contributed by atoms with Crippen LogP contribution in [-0.2, 0) is 0 Å². The van der Waals surface area contributed by atoms with Crippen LogP contribution in [0.5, 0.6) is 5.75 Å². The fraction of sp³-hybridized carbons (Fsp3) is 0.115. The van der Waals surface area contributed by atoms with Crippen LogP contribution in [0.1, 0.15) is 29.7 Å². The van der Waals surface area contributed by atoms with Crippen LogP contribution in [0.15, 0.2) is 93.2 Å². The molecule has 0 fully saturated rings. The zero-order valence-electron chi connectivity index (χ0n) is 18.7. The lowest BCUT2D eigenvalue weighted by molar-refractivity contribution is 0.215. The van der Waals surface area contributed by atoms with Crippen molar-refractivity contribution in [3.05, 3.63) is 96.5 Å². The van der Waals surface area contributed by atoms with Gasteiger partial charge in [-0.05, 0) is 54.1 Å². The van der Waals surface area contributed by atoms with Gasteiger partial charge in [-0.1, -0.05) is 41.7 Å². The van der Waals surface area contributed by atoms with E-state index in [1.54, 1.807) is 18.6 Å². The molecular formula is C26H20N4O4S. The predicted octanol–water partition coefficient (Wildman–Crippen LogP) is 6.76. The number of anilines is 2. The second-order valence-corrected chi connectivity index (χ2v) is 9.02. The average molecular weight is 485 g/mol. The molecule has 1 atom stereocenters. The number of furan rings is 2. The van der Waals surface area contributed by atoms with Gasteiger partial charge in [0.05, 0.1) is 18.2 Å². The number of ether oxygens (including phenoxy) is 1. The molecule has 6 rings (SSSR count). The second-order valence-electron chi connectivity index (χ2n) is 8.04. The van der Waals surface area contributed by atoms with E-state index >= 15 is 0 Å². The second kappa shape index (κ2) is 8.77. The third-order valence-electron chi connectivity index (χ3n) is 5.72. The van der Waals surface area contributed by atoms with E-state index in [0.29, 0.717) is 33.8 Å². The number of hydrogen-bond donors (Lipinski definition) is 1.